The second-order valence-electron chi connectivity index (χ2n) is 7.20. The van der Waals surface area contributed by atoms with Gasteiger partial charge in [-0.1, -0.05) is 12.1 Å². The predicted octanol–water partition coefficient (Wildman–Crippen LogP) is 2.16. The van der Waals surface area contributed by atoms with Crippen LogP contribution in [0.2, 0.25) is 0 Å². The molecule has 0 bridgehead atoms. The Bertz CT molecular complexity index is 712. The highest BCUT2D eigenvalue weighted by Crippen LogP contribution is 2.17. The maximum absolute atomic E-state index is 10.2. The Kier molecular flexibility index (Phi) is 8.24. The third-order valence-electron chi connectivity index (χ3n) is 4.83. The van der Waals surface area contributed by atoms with Gasteiger partial charge in [-0.25, -0.2) is 4.98 Å². The topological polar surface area (TPSA) is 66.9 Å². The molecule has 154 valence electrons. The third-order valence-corrected chi connectivity index (χ3v) is 5.96. The molecule has 0 radical (unpaired) electrons. The molecular weight excluding hydrogens is 374 g/mol. The van der Waals surface area contributed by atoms with E-state index < -0.39 is 6.10 Å². The Morgan fingerprint density at radius 1 is 1.32 bits per heavy atom. The summed E-state index contributed by atoms with van der Waals surface area (Å²) in [4.78, 5) is 8.09. The van der Waals surface area contributed by atoms with Crippen molar-refractivity contribution in [2.24, 2.45) is 0 Å². The van der Waals surface area contributed by atoms with E-state index in [0.29, 0.717) is 13.2 Å². The molecule has 2 N–H and O–H groups in total. The Balaban J connectivity index is 1.37. The summed E-state index contributed by atoms with van der Waals surface area (Å²) in [5.41, 5.74) is 2.31. The van der Waals surface area contributed by atoms with E-state index in [4.69, 9.17) is 9.47 Å². The molecule has 2 heterocycles. The van der Waals surface area contributed by atoms with Gasteiger partial charge in [-0.3, -0.25) is 4.90 Å². The first kappa shape index (κ1) is 21.2. The van der Waals surface area contributed by atoms with Crippen molar-refractivity contribution in [3.63, 3.8) is 0 Å². The number of aryl methyl sites for hydroxylation is 2. The summed E-state index contributed by atoms with van der Waals surface area (Å²) in [6, 6.07) is 8.05. The summed E-state index contributed by atoms with van der Waals surface area (Å²) in [5, 5.41) is 14.9. The first-order chi connectivity index (χ1) is 13.6. The minimum Gasteiger partial charge on any atom is -0.491 e. The van der Waals surface area contributed by atoms with Crippen LogP contribution in [0.25, 0.3) is 0 Å². The first-order valence-corrected chi connectivity index (χ1v) is 10.8. The van der Waals surface area contributed by atoms with Crippen LogP contribution in [-0.2, 0) is 17.7 Å². The molecule has 0 aliphatic carbocycles. The molecule has 1 aromatic carbocycles. The molecule has 6 nitrogen and oxygen atoms in total. The lowest BCUT2D eigenvalue weighted by atomic mass is 10.2. The summed E-state index contributed by atoms with van der Waals surface area (Å²) >= 11 is 1.78. The molecular formula is C21H31N3O3S. The van der Waals surface area contributed by atoms with E-state index in [-0.39, 0.29) is 0 Å². The van der Waals surface area contributed by atoms with Gasteiger partial charge in [-0.2, -0.15) is 0 Å². The molecule has 3 rings (SSSR count). The number of β-amino-alcohol motifs (C(OH)–C–C–N with tert-alkyl or cyclic N) is 1. The number of benzene rings is 1. The molecule has 1 atom stereocenters. The fourth-order valence-electron chi connectivity index (χ4n) is 3.15. The van der Waals surface area contributed by atoms with Crippen molar-refractivity contribution in [1.82, 2.24) is 15.2 Å². The van der Waals surface area contributed by atoms with E-state index in [2.05, 4.69) is 35.1 Å². The van der Waals surface area contributed by atoms with Crippen molar-refractivity contribution in [1.29, 1.82) is 0 Å². The molecule has 1 fully saturated rings. The van der Waals surface area contributed by atoms with E-state index in [1.165, 1.54) is 15.4 Å². The van der Waals surface area contributed by atoms with E-state index in [9.17, 15) is 5.11 Å². The van der Waals surface area contributed by atoms with Crippen LogP contribution < -0.4 is 10.1 Å². The zero-order valence-electron chi connectivity index (χ0n) is 16.8. The predicted molar refractivity (Wildman–Crippen MR) is 112 cm³/mol. The number of thiazole rings is 1. The van der Waals surface area contributed by atoms with E-state index in [1.54, 1.807) is 11.3 Å². The average Bonchev–Trinajstić information content (AvgIpc) is 3.02. The zero-order chi connectivity index (χ0) is 19.8. The highest BCUT2D eigenvalue weighted by atomic mass is 32.1. The third kappa shape index (κ3) is 6.83. The van der Waals surface area contributed by atoms with E-state index in [1.807, 2.05) is 18.2 Å². The normalized spacial score (nSPS) is 16.2. The first-order valence-electron chi connectivity index (χ1n) is 9.93. The maximum Gasteiger partial charge on any atom is 0.119 e. The van der Waals surface area contributed by atoms with Gasteiger partial charge < -0.3 is 19.9 Å². The summed E-state index contributed by atoms with van der Waals surface area (Å²) in [6.45, 7) is 10.0. The fraction of sp³-hybridized carbons (Fsp3) is 0.571. The monoisotopic (exact) mass is 405 g/mol. The quantitative estimate of drug-likeness (QED) is 0.591. The van der Waals surface area contributed by atoms with Crippen LogP contribution >= 0.6 is 11.3 Å². The lowest BCUT2D eigenvalue weighted by Gasteiger charge is -2.28. The summed E-state index contributed by atoms with van der Waals surface area (Å²) in [7, 11) is 0. The lowest BCUT2D eigenvalue weighted by molar-refractivity contribution is 0.00465. The number of aromatic nitrogens is 1. The number of ether oxygens (including phenoxy) is 2. The number of nitrogens with zero attached hydrogens (tertiary/aromatic N) is 2. The van der Waals surface area contributed by atoms with Crippen molar-refractivity contribution < 1.29 is 14.6 Å². The fourth-order valence-corrected chi connectivity index (χ4v) is 4.08. The van der Waals surface area contributed by atoms with Crippen LogP contribution in [0.3, 0.4) is 0 Å². The molecule has 1 saturated heterocycles. The Morgan fingerprint density at radius 2 is 2.14 bits per heavy atom. The Morgan fingerprint density at radius 3 is 2.89 bits per heavy atom. The maximum atomic E-state index is 10.2. The van der Waals surface area contributed by atoms with Gasteiger partial charge in [-0.05, 0) is 31.5 Å². The zero-order valence-corrected chi connectivity index (χ0v) is 17.6. The van der Waals surface area contributed by atoms with Crippen LogP contribution in [0.1, 0.15) is 21.1 Å². The highest BCUT2D eigenvalue weighted by Gasteiger charge is 2.15. The second-order valence-corrected chi connectivity index (χ2v) is 8.49. The summed E-state index contributed by atoms with van der Waals surface area (Å²) < 4.78 is 11.1. The average molecular weight is 406 g/mol. The SMILES string of the molecule is Cc1nc(CCNCc2cccc(OC[C@@H](O)CN3CCOCC3)c2)sc1C. The van der Waals surface area contributed by atoms with Crippen molar-refractivity contribution in [2.75, 3.05) is 46.0 Å². The van der Waals surface area contributed by atoms with Crippen LogP contribution in [0.15, 0.2) is 24.3 Å². The molecule has 0 unspecified atom stereocenters. The van der Waals surface area contributed by atoms with Gasteiger partial charge in [0.25, 0.3) is 0 Å². The second kappa shape index (κ2) is 10.9. The van der Waals surface area contributed by atoms with Crippen LogP contribution in [-0.4, -0.2) is 67.1 Å². The Hall–Kier alpha value is -1.51. The van der Waals surface area contributed by atoms with Crippen molar-refractivity contribution >= 4 is 11.3 Å². The molecule has 1 aliphatic heterocycles. The van der Waals surface area contributed by atoms with Gasteiger partial charge in [0.1, 0.15) is 18.5 Å². The smallest absolute Gasteiger partial charge is 0.119 e. The number of nitrogens with one attached hydrogen (secondary N) is 1. The number of morpholine rings is 1. The summed E-state index contributed by atoms with van der Waals surface area (Å²) in [6.07, 6.45) is 0.452. The Labute approximate surface area is 171 Å². The van der Waals surface area contributed by atoms with Gasteiger partial charge in [0.2, 0.25) is 0 Å². The van der Waals surface area contributed by atoms with Crippen LogP contribution in [0.5, 0.6) is 5.75 Å². The standard InChI is InChI=1S/C21H31N3O3S/c1-16-17(2)28-21(23-16)6-7-22-13-18-4-3-5-20(12-18)27-15-19(25)14-24-8-10-26-11-9-24/h3-5,12,19,22,25H,6-11,13-15H2,1-2H3/t19-/m0/s1. The molecule has 0 saturated carbocycles. The minimum absolute atomic E-state index is 0.303. The molecule has 0 spiro atoms. The number of hydrogen-bond donors (Lipinski definition) is 2. The molecule has 7 heteroatoms. The number of hydrogen-bond acceptors (Lipinski definition) is 7. The molecule has 1 aliphatic rings. The molecule has 2 aromatic rings. The van der Waals surface area contributed by atoms with Crippen LogP contribution in [0.4, 0.5) is 0 Å². The van der Waals surface area contributed by atoms with E-state index in [0.717, 1.165) is 57.3 Å². The minimum atomic E-state index is -0.495. The lowest BCUT2D eigenvalue weighted by Crippen LogP contribution is -2.42. The highest BCUT2D eigenvalue weighted by molar-refractivity contribution is 7.11. The summed E-state index contributed by atoms with van der Waals surface area (Å²) in [5.74, 6) is 0.798. The largest absolute Gasteiger partial charge is 0.491 e. The van der Waals surface area contributed by atoms with Crippen molar-refractivity contribution in [3.05, 3.63) is 45.4 Å². The van der Waals surface area contributed by atoms with Crippen molar-refractivity contribution in [3.8, 4) is 5.75 Å². The number of aliphatic hydroxyl groups excluding tert-OH is 1. The van der Waals surface area contributed by atoms with Gasteiger partial charge in [0.15, 0.2) is 0 Å². The van der Waals surface area contributed by atoms with Gasteiger partial charge in [0.05, 0.1) is 23.9 Å². The van der Waals surface area contributed by atoms with Gasteiger partial charge in [0, 0.05) is 44.0 Å². The van der Waals surface area contributed by atoms with Crippen molar-refractivity contribution in [2.45, 2.75) is 32.9 Å². The molecule has 28 heavy (non-hydrogen) atoms. The number of aliphatic hydroxyl groups is 1. The van der Waals surface area contributed by atoms with Gasteiger partial charge in [-0.15, -0.1) is 11.3 Å². The van der Waals surface area contributed by atoms with Gasteiger partial charge >= 0.3 is 0 Å². The molecule has 1 aromatic heterocycles. The molecule has 0 amide bonds. The number of rotatable bonds is 10. The van der Waals surface area contributed by atoms with Crippen LogP contribution in [0, 0.1) is 13.8 Å². The van der Waals surface area contributed by atoms with E-state index >= 15 is 0 Å².